The molecule has 0 aliphatic heterocycles. The number of hydrogen-bond acceptors (Lipinski definition) is 5. The second kappa shape index (κ2) is 11.4. The standard InChI is InChI=1S/C23H21F4N5O3S.Na.H/c1-29-36(34,35)32-23-19(26)13(6-7-30-23)8-14-9-15(22(28)33)21(20(27)18(14)25)31-17-5-4-12(10-16(17)24)11-2-3-11;;/h4-7,9-11,29,31H,2-3,8H2,1H3,(H2,28,33)(H,30,32);;/q;+1;-1. The largest absolute Gasteiger partial charge is 1.00 e. The van der Waals surface area contributed by atoms with E-state index < -0.39 is 68.4 Å². The summed E-state index contributed by atoms with van der Waals surface area (Å²) in [6.45, 7) is 0. The number of benzene rings is 2. The molecule has 1 fully saturated rings. The second-order valence-corrected chi connectivity index (χ2v) is 9.83. The molecular weight excluding hydrogens is 525 g/mol. The first-order valence-corrected chi connectivity index (χ1v) is 12.2. The van der Waals surface area contributed by atoms with Crippen LogP contribution in [0.5, 0.6) is 0 Å². The Bertz CT molecular complexity index is 1480. The van der Waals surface area contributed by atoms with E-state index >= 15 is 8.78 Å². The number of nitrogens with zero attached hydrogens (tertiary/aromatic N) is 1. The SMILES string of the molecule is CNS(=O)(=O)Nc1nccc(Cc2cc(C(N)=O)c(Nc3ccc(C4CC4)cc3F)c(F)c2F)c1F.[H-].[Na+]. The number of aromatic nitrogens is 1. The molecule has 2 aromatic carbocycles. The zero-order valence-electron chi connectivity index (χ0n) is 20.8. The van der Waals surface area contributed by atoms with Crippen LogP contribution in [-0.4, -0.2) is 26.4 Å². The summed E-state index contributed by atoms with van der Waals surface area (Å²) < 4.78 is 86.6. The fourth-order valence-electron chi connectivity index (χ4n) is 3.64. The van der Waals surface area contributed by atoms with E-state index in [1.54, 1.807) is 6.07 Å². The van der Waals surface area contributed by atoms with Gasteiger partial charge in [-0.3, -0.25) is 9.52 Å². The number of pyridine rings is 1. The van der Waals surface area contributed by atoms with Crippen LogP contribution in [0.25, 0.3) is 0 Å². The predicted molar refractivity (Wildman–Crippen MR) is 126 cm³/mol. The van der Waals surface area contributed by atoms with Gasteiger partial charge in [0.2, 0.25) is 0 Å². The Morgan fingerprint density at radius 2 is 1.78 bits per heavy atom. The molecule has 1 aliphatic carbocycles. The van der Waals surface area contributed by atoms with Crippen molar-refractivity contribution in [1.29, 1.82) is 0 Å². The van der Waals surface area contributed by atoms with Crippen molar-refractivity contribution in [3.05, 3.63) is 82.1 Å². The smallest absolute Gasteiger partial charge is 1.00 e. The Balaban J connectivity index is 0.00000253. The molecule has 0 radical (unpaired) electrons. The molecule has 14 heteroatoms. The average molecular weight is 548 g/mol. The van der Waals surface area contributed by atoms with Crippen molar-refractivity contribution in [2.75, 3.05) is 17.1 Å². The summed E-state index contributed by atoms with van der Waals surface area (Å²) in [7, 11) is -3.00. The minimum Gasteiger partial charge on any atom is -1.00 e. The zero-order valence-corrected chi connectivity index (χ0v) is 22.6. The Kier molecular flexibility index (Phi) is 8.85. The number of carbonyl (C=O) groups is 1. The van der Waals surface area contributed by atoms with Gasteiger partial charge >= 0.3 is 29.6 Å². The number of halogens is 4. The molecule has 0 atom stereocenters. The molecule has 1 amide bonds. The third kappa shape index (κ3) is 6.41. The van der Waals surface area contributed by atoms with Crippen LogP contribution < -0.4 is 50.1 Å². The van der Waals surface area contributed by atoms with Crippen molar-refractivity contribution in [2.24, 2.45) is 5.73 Å². The summed E-state index contributed by atoms with van der Waals surface area (Å²) in [5.41, 5.74) is 4.13. The maximum atomic E-state index is 15.1. The molecule has 1 heterocycles. The predicted octanol–water partition coefficient (Wildman–Crippen LogP) is 0.941. The van der Waals surface area contributed by atoms with Gasteiger partial charge in [-0.05, 0) is 59.7 Å². The van der Waals surface area contributed by atoms with Gasteiger partial charge in [0.05, 0.1) is 16.9 Å². The van der Waals surface area contributed by atoms with Gasteiger partial charge in [-0.2, -0.15) is 8.42 Å². The van der Waals surface area contributed by atoms with Crippen LogP contribution in [0.4, 0.5) is 34.8 Å². The maximum absolute atomic E-state index is 15.1. The molecule has 0 bridgehead atoms. The molecule has 1 saturated carbocycles. The van der Waals surface area contributed by atoms with Crippen LogP contribution in [0.3, 0.4) is 0 Å². The van der Waals surface area contributed by atoms with Crippen LogP contribution in [0.2, 0.25) is 0 Å². The Hall–Kier alpha value is -2.71. The molecule has 3 aromatic rings. The summed E-state index contributed by atoms with van der Waals surface area (Å²) >= 11 is 0. The van der Waals surface area contributed by atoms with Crippen LogP contribution >= 0.6 is 0 Å². The maximum Gasteiger partial charge on any atom is 1.00 e. The van der Waals surface area contributed by atoms with Crippen LogP contribution in [0.1, 0.15) is 47.2 Å². The Labute approximate surface area is 234 Å². The fraction of sp³-hybridized carbons (Fsp3) is 0.217. The first-order valence-electron chi connectivity index (χ1n) is 10.7. The number of anilines is 3. The van der Waals surface area contributed by atoms with Crippen molar-refractivity contribution >= 4 is 33.3 Å². The van der Waals surface area contributed by atoms with Crippen LogP contribution in [-0.2, 0) is 16.6 Å². The molecule has 192 valence electrons. The molecular formula is C23H22F4N5NaO3S. The molecule has 4 rings (SSSR count). The summed E-state index contributed by atoms with van der Waals surface area (Å²) in [6.07, 6.45) is 2.39. The number of primary amides is 1. The summed E-state index contributed by atoms with van der Waals surface area (Å²) in [4.78, 5) is 15.7. The third-order valence-corrected chi connectivity index (χ3v) is 6.70. The van der Waals surface area contributed by atoms with Gasteiger partial charge in [-0.25, -0.2) is 27.3 Å². The number of nitrogens with two attached hydrogens (primary N) is 1. The molecule has 0 saturated heterocycles. The summed E-state index contributed by atoms with van der Waals surface area (Å²) in [5, 5.41) is 2.40. The number of carbonyl (C=O) groups excluding carboxylic acids is 1. The minimum atomic E-state index is -4.10. The van der Waals surface area contributed by atoms with Crippen molar-refractivity contribution < 1.29 is 61.8 Å². The van der Waals surface area contributed by atoms with Gasteiger partial charge < -0.3 is 12.5 Å². The second-order valence-electron chi connectivity index (χ2n) is 8.21. The third-order valence-electron chi connectivity index (χ3n) is 5.70. The Morgan fingerprint density at radius 1 is 1.08 bits per heavy atom. The van der Waals surface area contributed by atoms with Crippen molar-refractivity contribution in [3.63, 3.8) is 0 Å². The first kappa shape index (κ1) is 28.9. The quantitative estimate of drug-likeness (QED) is 0.234. The van der Waals surface area contributed by atoms with Gasteiger partial charge in [-0.1, -0.05) is 6.07 Å². The van der Waals surface area contributed by atoms with E-state index in [0.29, 0.717) is 0 Å². The Morgan fingerprint density at radius 3 is 2.38 bits per heavy atom. The molecule has 5 N–H and O–H groups in total. The van der Waals surface area contributed by atoms with E-state index in [1.165, 1.54) is 12.1 Å². The van der Waals surface area contributed by atoms with Crippen LogP contribution in [0.15, 0.2) is 36.5 Å². The molecule has 8 nitrogen and oxygen atoms in total. The van der Waals surface area contributed by atoms with Gasteiger partial charge in [0.25, 0.3) is 16.1 Å². The van der Waals surface area contributed by atoms with E-state index in [2.05, 4.69) is 10.3 Å². The number of nitrogens with one attached hydrogen (secondary N) is 3. The molecule has 37 heavy (non-hydrogen) atoms. The summed E-state index contributed by atoms with van der Waals surface area (Å²) in [6, 6.07) is 6.37. The number of hydrogen-bond donors (Lipinski definition) is 4. The van der Waals surface area contributed by atoms with Crippen LogP contribution in [0, 0.1) is 23.3 Å². The van der Waals surface area contributed by atoms with Gasteiger partial charge in [0.1, 0.15) is 5.82 Å². The molecule has 1 aromatic heterocycles. The fourth-order valence-corrected chi connectivity index (χ4v) is 4.14. The van der Waals surface area contributed by atoms with E-state index in [1.807, 2.05) is 9.44 Å². The number of amides is 1. The van der Waals surface area contributed by atoms with E-state index in [9.17, 15) is 22.0 Å². The average Bonchev–Trinajstić information content (AvgIpc) is 3.67. The number of rotatable bonds is 9. The van der Waals surface area contributed by atoms with Crippen molar-refractivity contribution in [3.8, 4) is 0 Å². The van der Waals surface area contributed by atoms with Crippen molar-refractivity contribution in [1.82, 2.24) is 9.71 Å². The molecule has 0 spiro atoms. The van der Waals surface area contributed by atoms with E-state index in [4.69, 9.17) is 5.73 Å². The zero-order chi connectivity index (χ0) is 26.2. The van der Waals surface area contributed by atoms with Gasteiger partial charge in [0, 0.05) is 19.7 Å². The minimum absolute atomic E-state index is 0. The first-order chi connectivity index (χ1) is 17.0. The normalized spacial score (nSPS) is 13.1. The summed E-state index contributed by atoms with van der Waals surface area (Å²) in [5.74, 6) is -6.31. The van der Waals surface area contributed by atoms with Gasteiger partial charge in [0.15, 0.2) is 23.3 Å². The van der Waals surface area contributed by atoms with E-state index in [-0.39, 0.29) is 48.2 Å². The van der Waals surface area contributed by atoms with Gasteiger partial charge in [-0.15, -0.1) is 0 Å². The van der Waals surface area contributed by atoms with Crippen molar-refractivity contribution in [2.45, 2.75) is 25.2 Å². The topological polar surface area (TPSA) is 126 Å². The molecule has 0 unspecified atom stereocenters. The van der Waals surface area contributed by atoms with E-state index in [0.717, 1.165) is 43.8 Å². The molecule has 1 aliphatic rings. The monoisotopic (exact) mass is 547 g/mol.